The van der Waals surface area contributed by atoms with Crippen LogP contribution < -0.4 is 7.16 Å². The molecule has 2 aromatic rings. The molecule has 0 N–H and O–H groups in total. The zero-order chi connectivity index (χ0) is 28.6. The van der Waals surface area contributed by atoms with Crippen LogP contribution in [0.5, 0.6) is 0 Å². The van der Waals surface area contributed by atoms with Crippen LogP contribution in [0, 0.1) is 41.5 Å². The first-order valence-electron chi connectivity index (χ1n) is 13.8. The van der Waals surface area contributed by atoms with Crippen LogP contribution in [0.25, 0.3) is 0 Å². The molecule has 0 amide bonds. The van der Waals surface area contributed by atoms with Gasteiger partial charge in [-0.25, -0.2) is 0 Å². The van der Waals surface area contributed by atoms with Crippen LogP contribution in [-0.2, 0) is 0 Å². The third kappa shape index (κ3) is 9.06. The van der Waals surface area contributed by atoms with Crippen molar-refractivity contribution in [2.24, 2.45) is 0 Å². The van der Waals surface area contributed by atoms with Crippen LogP contribution in [0.2, 0.25) is 13.7 Å². The van der Waals surface area contributed by atoms with Crippen LogP contribution >= 0.6 is 0 Å². The Kier molecular flexibility index (Phi) is 11.4. The van der Waals surface area contributed by atoms with Crippen molar-refractivity contribution >= 4 is 46.7 Å². The first-order valence-corrected chi connectivity index (χ1v) is 22.4. The summed E-state index contributed by atoms with van der Waals surface area (Å²) >= 11 is -3.50. The summed E-state index contributed by atoms with van der Waals surface area (Å²) in [5.74, 6) is 0. The Morgan fingerprint density at radius 2 is 0.528 bits per heavy atom. The summed E-state index contributed by atoms with van der Waals surface area (Å²) in [6, 6.07) is 9.50. The second-order valence-electron chi connectivity index (χ2n) is 15.3. The molecule has 0 saturated heterocycles. The van der Waals surface area contributed by atoms with Crippen molar-refractivity contribution in [2.45, 2.75) is 138 Å². The molecule has 0 bridgehead atoms. The SMILES string of the molecule is Cc1cc(C)[c]([Sn]([C](C)(C)C)[C](C)(C)C)c(C)c1.Cc1cc(C)[c]([Sn]([C](C)(C)C)[C](C)(C)C)c(C)c1. The van der Waals surface area contributed by atoms with Crippen LogP contribution in [-0.4, -0.2) is 39.5 Å². The third-order valence-corrected chi connectivity index (χ3v) is 31.3. The molecule has 2 radical (unpaired) electrons. The van der Waals surface area contributed by atoms with Crippen molar-refractivity contribution in [2.75, 3.05) is 0 Å². The Morgan fingerprint density at radius 1 is 0.361 bits per heavy atom. The predicted octanol–water partition coefficient (Wildman–Crippen LogP) is 9.83. The van der Waals surface area contributed by atoms with Gasteiger partial charge in [-0.2, -0.15) is 0 Å². The summed E-state index contributed by atoms with van der Waals surface area (Å²) in [7, 11) is 0. The Hall–Kier alpha value is 0.0374. The minimum absolute atomic E-state index is 0.477. The van der Waals surface area contributed by atoms with E-state index in [1.807, 2.05) is 0 Å². The van der Waals surface area contributed by atoms with Crippen LogP contribution in [0.3, 0.4) is 0 Å². The number of rotatable bonds is 2. The summed E-state index contributed by atoms with van der Waals surface area (Å²) in [6.07, 6.45) is 0. The van der Waals surface area contributed by atoms with E-state index in [1.165, 1.54) is 33.4 Å². The van der Waals surface area contributed by atoms with E-state index in [0.717, 1.165) is 0 Å². The van der Waals surface area contributed by atoms with Gasteiger partial charge >= 0.3 is 243 Å². The summed E-state index contributed by atoms with van der Waals surface area (Å²) in [6.45, 7) is 43.1. The quantitative estimate of drug-likeness (QED) is 0.273. The van der Waals surface area contributed by atoms with E-state index in [2.05, 4.69) is 149 Å². The van der Waals surface area contributed by atoms with E-state index in [0.29, 0.717) is 13.7 Å². The summed E-state index contributed by atoms with van der Waals surface area (Å²) in [5, 5.41) is 0. The average molecular weight is 704 g/mol. The molecule has 2 aromatic carbocycles. The van der Waals surface area contributed by atoms with Gasteiger partial charge in [-0.05, 0) is 0 Å². The molecular formula is C34H58Sn2. The molecule has 0 spiro atoms. The Labute approximate surface area is 240 Å². The summed E-state index contributed by atoms with van der Waals surface area (Å²) < 4.78 is 5.42. The Bertz CT molecular complexity index is 871. The van der Waals surface area contributed by atoms with Crippen molar-refractivity contribution in [1.29, 1.82) is 0 Å². The van der Waals surface area contributed by atoms with E-state index < -0.39 is 39.5 Å². The fraction of sp³-hybridized carbons (Fsp3) is 0.647. The number of aryl methyl sites for hydroxylation is 6. The average Bonchev–Trinajstić information content (AvgIpc) is 2.57. The minimum atomic E-state index is -1.75. The van der Waals surface area contributed by atoms with Crippen molar-refractivity contribution in [3.8, 4) is 0 Å². The fourth-order valence-electron chi connectivity index (χ4n) is 6.90. The molecule has 0 heterocycles. The second kappa shape index (κ2) is 12.1. The van der Waals surface area contributed by atoms with Gasteiger partial charge in [0.05, 0.1) is 0 Å². The molecule has 0 saturated carbocycles. The fourth-order valence-corrected chi connectivity index (χ4v) is 33.6. The molecule has 0 atom stereocenters. The first kappa shape index (κ1) is 34.1. The Balaban J connectivity index is 0.000000360. The number of benzene rings is 2. The molecule has 202 valence electrons. The van der Waals surface area contributed by atoms with Crippen molar-refractivity contribution in [3.63, 3.8) is 0 Å². The van der Waals surface area contributed by atoms with Crippen molar-refractivity contribution < 1.29 is 0 Å². The van der Waals surface area contributed by atoms with Gasteiger partial charge in [0, 0.05) is 0 Å². The molecule has 36 heavy (non-hydrogen) atoms. The van der Waals surface area contributed by atoms with Gasteiger partial charge < -0.3 is 0 Å². The van der Waals surface area contributed by atoms with E-state index in [4.69, 9.17) is 0 Å². The normalized spacial score (nSPS) is 13.2. The molecule has 0 nitrogen and oxygen atoms in total. The van der Waals surface area contributed by atoms with Crippen molar-refractivity contribution in [3.05, 3.63) is 57.6 Å². The second-order valence-corrected chi connectivity index (χ2v) is 39.6. The van der Waals surface area contributed by atoms with Crippen LogP contribution in [0.1, 0.15) is 116 Å². The van der Waals surface area contributed by atoms with E-state index >= 15 is 0 Å². The number of hydrogen-bond donors (Lipinski definition) is 0. The monoisotopic (exact) mass is 706 g/mol. The summed E-state index contributed by atoms with van der Waals surface area (Å²) in [5.41, 5.74) is 8.94. The molecule has 0 aliphatic heterocycles. The maximum absolute atomic E-state index is 2.45. The van der Waals surface area contributed by atoms with E-state index in [1.54, 1.807) is 7.16 Å². The molecule has 0 unspecified atom stereocenters. The van der Waals surface area contributed by atoms with Gasteiger partial charge in [0.2, 0.25) is 0 Å². The molecular weight excluding hydrogens is 646 g/mol. The van der Waals surface area contributed by atoms with E-state index in [-0.39, 0.29) is 0 Å². The van der Waals surface area contributed by atoms with Gasteiger partial charge in [0.25, 0.3) is 0 Å². The molecule has 0 aliphatic carbocycles. The van der Waals surface area contributed by atoms with Crippen LogP contribution in [0.15, 0.2) is 24.3 Å². The maximum atomic E-state index is 2.45. The third-order valence-electron chi connectivity index (χ3n) is 6.85. The standard InChI is InChI=1S/2C9H11.4C4H9.2Sn/c2*1-7-4-8(2)6-9(3)5-7;4*1-4(2)3;;/h2*4-5H,1-3H3;4*1-3H3;;. The number of hydrogen-bond acceptors (Lipinski definition) is 0. The topological polar surface area (TPSA) is 0 Å². The van der Waals surface area contributed by atoms with Gasteiger partial charge in [0.15, 0.2) is 0 Å². The zero-order valence-corrected chi connectivity index (χ0v) is 33.0. The zero-order valence-electron chi connectivity index (χ0n) is 27.3. The van der Waals surface area contributed by atoms with Crippen LogP contribution in [0.4, 0.5) is 0 Å². The molecule has 2 rings (SSSR count). The Morgan fingerprint density at radius 3 is 0.667 bits per heavy atom. The summed E-state index contributed by atoms with van der Waals surface area (Å²) in [4.78, 5) is 0. The van der Waals surface area contributed by atoms with Crippen molar-refractivity contribution in [1.82, 2.24) is 0 Å². The van der Waals surface area contributed by atoms with Gasteiger partial charge in [-0.15, -0.1) is 0 Å². The van der Waals surface area contributed by atoms with Gasteiger partial charge in [-0.1, -0.05) is 0 Å². The van der Waals surface area contributed by atoms with E-state index in [9.17, 15) is 0 Å². The molecule has 0 aromatic heterocycles. The molecule has 2 heteroatoms. The van der Waals surface area contributed by atoms with Gasteiger partial charge in [0.1, 0.15) is 0 Å². The predicted molar refractivity (Wildman–Crippen MR) is 171 cm³/mol. The first-order chi connectivity index (χ1) is 15.9. The molecule has 0 fully saturated rings. The van der Waals surface area contributed by atoms with Gasteiger partial charge in [-0.3, -0.25) is 0 Å². The molecule has 0 aliphatic rings.